The van der Waals surface area contributed by atoms with Crippen LogP contribution in [0.2, 0.25) is 10.0 Å². The summed E-state index contributed by atoms with van der Waals surface area (Å²) in [6.07, 6.45) is 1.53. The molecule has 46 heavy (non-hydrogen) atoms. The molecule has 0 radical (unpaired) electrons. The summed E-state index contributed by atoms with van der Waals surface area (Å²) < 4.78 is 71.4. The van der Waals surface area contributed by atoms with E-state index in [4.69, 9.17) is 36.9 Å². The van der Waals surface area contributed by atoms with Gasteiger partial charge in [-0.1, -0.05) is 55.2 Å². The van der Waals surface area contributed by atoms with Crippen LogP contribution in [0.4, 0.5) is 8.78 Å². The van der Waals surface area contributed by atoms with Crippen LogP contribution in [0.25, 0.3) is 0 Å². The predicted molar refractivity (Wildman–Crippen MR) is 170 cm³/mol. The Morgan fingerprint density at radius 1 is 1.24 bits per heavy atom. The van der Waals surface area contributed by atoms with Crippen LogP contribution >= 0.6 is 23.2 Å². The Morgan fingerprint density at radius 2 is 1.96 bits per heavy atom. The lowest BCUT2D eigenvalue weighted by atomic mass is 9.62. The average Bonchev–Trinajstić information content (AvgIpc) is 3.45. The quantitative estimate of drug-likeness (QED) is 0.274. The largest absolute Gasteiger partial charge is 0.355 e. The van der Waals surface area contributed by atoms with Crippen molar-refractivity contribution in [2.75, 3.05) is 26.0 Å². The molecule has 14 heteroatoms. The van der Waals surface area contributed by atoms with Gasteiger partial charge in [-0.15, -0.1) is 0 Å². The lowest BCUT2D eigenvalue weighted by Gasteiger charge is -2.38. The van der Waals surface area contributed by atoms with Gasteiger partial charge in [-0.3, -0.25) is 8.98 Å². The van der Waals surface area contributed by atoms with Crippen molar-refractivity contribution >= 4 is 39.2 Å². The molecule has 2 heterocycles. The number of amides is 1. The molecule has 5 atom stereocenters. The Bertz CT molecular complexity index is 1600. The Morgan fingerprint density at radius 3 is 2.57 bits per heavy atom. The van der Waals surface area contributed by atoms with Crippen molar-refractivity contribution in [1.29, 1.82) is 5.26 Å². The highest BCUT2D eigenvalue weighted by molar-refractivity contribution is 7.85. The number of carbonyl (C=O) groups is 1. The van der Waals surface area contributed by atoms with Crippen molar-refractivity contribution in [2.45, 2.75) is 82.3 Å². The number of hydrogen-bond donors (Lipinski definition) is 2. The van der Waals surface area contributed by atoms with E-state index in [0.717, 1.165) is 12.3 Å². The third-order valence-electron chi connectivity index (χ3n) is 8.58. The molecule has 0 unspecified atom stereocenters. The summed E-state index contributed by atoms with van der Waals surface area (Å²) in [5.74, 6) is -4.14. The molecule has 0 bridgehead atoms. The standard InChI is InChI=1S/C32H39Cl2F2N3O6S/c1-30(2,12-14-44-46(5,41)42)16-25-32(18-37,22-10-9-19(33)15-24(22)35)26(21-7-6-8-23(34)27(21)36)28(39-25)29(40)38-13-11-20-17-43-31(3,4)45-20/h6-10,15,20,25-26,28,39H,11-14,16-17H2,1-5H3,(H,38,40)/t20-,25-,26-,28+,32-/m0/s1. The number of hydrogen-bond acceptors (Lipinski definition) is 8. The Hall–Kier alpha value is -2.37. The SMILES string of the molecule is CC(C)(CCOS(C)(=O)=O)C[C@@H]1N[C@@H](C(=O)NCC[C@H]2COC(C)(C)O2)[C@H](c2cccc(Cl)c2F)[C@@]1(C#N)c1ccc(Cl)cc1F. The topological polar surface area (TPSA) is 127 Å². The number of nitriles is 1. The highest BCUT2D eigenvalue weighted by atomic mass is 35.5. The summed E-state index contributed by atoms with van der Waals surface area (Å²) in [5.41, 5.74) is -2.64. The zero-order chi connectivity index (χ0) is 34.1. The summed E-state index contributed by atoms with van der Waals surface area (Å²) in [6.45, 7) is 7.69. The number of rotatable bonds is 12. The third-order valence-corrected chi connectivity index (χ3v) is 9.70. The Kier molecular flexibility index (Phi) is 11.1. The van der Waals surface area contributed by atoms with Gasteiger partial charge in [0.05, 0.1) is 42.7 Å². The first kappa shape index (κ1) is 36.5. The maximum Gasteiger partial charge on any atom is 0.264 e. The van der Waals surface area contributed by atoms with E-state index >= 15 is 8.78 Å². The van der Waals surface area contributed by atoms with Crippen LogP contribution in [0, 0.1) is 28.4 Å². The molecule has 2 N–H and O–H groups in total. The second-order valence-corrected chi connectivity index (χ2v) is 15.6. The highest BCUT2D eigenvalue weighted by Crippen LogP contribution is 2.53. The van der Waals surface area contributed by atoms with Crippen LogP contribution < -0.4 is 10.6 Å². The molecule has 2 saturated heterocycles. The van der Waals surface area contributed by atoms with Gasteiger partial charge in [0.25, 0.3) is 10.1 Å². The number of benzene rings is 2. The molecule has 252 valence electrons. The lowest BCUT2D eigenvalue weighted by Crippen LogP contribution is -2.46. The number of halogens is 4. The van der Waals surface area contributed by atoms with Crippen LogP contribution in [-0.4, -0.2) is 64.3 Å². The molecule has 0 aromatic heterocycles. The number of nitrogens with one attached hydrogen (secondary N) is 2. The second-order valence-electron chi connectivity index (χ2n) is 13.1. The molecule has 0 saturated carbocycles. The summed E-state index contributed by atoms with van der Waals surface area (Å²) >= 11 is 12.3. The number of nitrogens with zero attached hydrogens (tertiary/aromatic N) is 1. The summed E-state index contributed by atoms with van der Waals surface area (Å²) in [4.78, 5) is 14.0. The minimum atomic E-state index is -3.70. The first-order valence-electron chi connectivity index (χ1n) is 14.9. The normalized spacial score (nSPS) is 26.2. The van der Waals surface area contributed by atoms with E-state index in [1.54, 1.807) is 13.8 Å². The fourth-order valence-corrected chi connectivity index (χ4v) is 7.17. The molecular weight excluding hydrogens is 663 g/mol. The van der Waals surface area contributed by atoms with Crippen molar-refractivity contribution in [3.05, 3.63) is 69.2 Å². The Labute approximate surface area is 279 Å². The first-order chi connectivity index (χ1) is 21.4. The summed E-state index contributed by atoms with van der Waals surface area (Å²) in [7, 11) is -3.70. The van der Waals surface area contributed by atoms with Gasteiger partial charge in [-0.2, -0.15) is 13.7 Å². The molecular formula is C32H39Cl2F2N3O6S. The number of ether oxygens (including phenoxy) is 2. The average molecular weight is 703 g/mol. The third kappa shape index (κ3) is 8.19. The minimum Gasteiger partial charge on any atom is -0.355 e. The highest BCUT2D eigenvalue weighted by Gasteiger charge is 2.61. The minimum absolute atomic E-state index is 0.0361. The lowest BCUT2D eigenvalue weighted by molar-refractivity contribution is -0.138. The maximum absolute atomic E-state index is 15.9. The Balaban J connectivity index is 1.78. The maximum atomic E-state index is 15.9. The fourth-order valence-electron chi connectivity index (χ4n) is 6.44. The van der Waals surface area contributed by atoms with Crippen molar-refractivity contribution < 1.29 is 35.6 Å². The van der Waals surface area contributed by atoms with E-state index in [-0.39, 0.29) is 53.3 Å². The molecule has 2 aromatic carbocycles. The van der Waals surface area contributed by atoms with E-state index < -0.39 is 62.3 Å². The summed E-state index contributed by atoms with van der Waals surface area (Å²) in [5, 5.41) is 17.1. The van der Waals surface area contributed by atoms with E-state index in [1.807, 2.05) is 13.8 Å². The molecule has 0 aliphatic carbocycles. The predicted octanol–water partition coefficient (Wildman–Crippen LogP) is 5.60. The van der Waals surface area contributed by atoms with Crippen LogP contribution in [0.3, 0.4) is 0 Å². The van der Waals surface area contributed by atoms with Crippen LogP contribution in [0.5, 0.6) is 0 Å². The van der Waals surface area contributed by atoms with E-state index in [2.05, 4.69) is 16.7 Å². The first-order valence-corrected chi connectivity index (χ1v) is 17.5. The molecule has 2 aliphatic heterocycles. The van der Waals surface area contributed by atoms with Crippen molar-refractivity contribution in [1.82, 2.24) is 10.6 Å². The van der Waals surface area contributed by atoms with Gasteiger partial charge in [-0.25, -0.2) is 8.78 Å². The zero-order valence-corrected chi connectivity index (χ0v) is 28.7. The van der Waals surface area contributed by atoms with Gasteiger partial charge in [0, 0.05) is 29.1 Å². The van der Waals surface area contributed by atoms with Crippen LogP contribution in [0.1, 0.15) is 64.0 Å². The van der Waals surface area contributed by atoms with E-state index in [0.29, 0.717) is 13.0 Å². The molecule has 2 aromatic rings. The molecule has 1 amide bonds. The molecule has 9 nitrogen and oxygen atoms in total. The number of carbonyl (C=O) groups excluding carboxylic acids is 1. The molecule has 2 aliphatic rings. The molecule has 2 fully saturated rings. The second kappa shape index (κ2) is 14.0. The zero-order valence-electron chi connectivity index (χ0n) is 26.3. The van der Waals surface area contributed by atoms with Crippen molar-refractivity contribution in [2.24, 2.45) is 5.41 Å². The van der Waals surface area contributed by atoms with Gasteiger partial charge in [-0.05, 0) is 62.3 Å². The molecule has 4 rings (SSSR count). The van der Waals surface area contributed by atoms with Gasteiger partial charge in [0.15, 0.2) is 5.79 Å². The van der Waals surface area contributed by atoms with Gasteiger partial charge >= 0.3 is 0 Å². The van der Waals surface area contributed by atoms with Gasteiger partial charge < -0.3 is 20.1 Å². The van der Waals surface area contributed by atoms with Gasteiger partial charge in [0.1, 0.15) is 17.0 Å². The van der Waals surface area contributed by atoms with E-state index in [9.17, 15) is 18.5 Å². The smallest absolute Gasteiger partial charge is 0.264 e. The fraction of sp³-hybridized carbons (Fsp3) is 0.562. The van der Waals surface area contributed by atoms with Crippen LogP contribution in [-0.2, 0) is 34.0 Å². The monoisotopic (exact) mass is 701 g/mol. The van der Waals surface area contributed by atoms with E-state index in [1.165, 1.54) is 30.3 Å². The van der Waals surface area contributed by atoms with Crippen molar-refractivity contribution in [3.8, 4) is 6.07 Å². The van der Waals surface area contributed by atoms with Crippen molar-refractivity contribution in [3.63, 3.8) is 0 Å². The van der Waals surface area contributed by atoms with Crippen LogP contribution in [0.15, 0.2) is 36.4 Å². The molecule has 0 spiro atoms. The summed E-state index contributed by atoms with van der Waals surface area (Å²) in [6, 6.07) is 8.36. The van der Waals surface area contributed by atoms with Gasteiger partial charge in [0.2, 0.25) is 5.91 Å².